The monoisotopic (exact) mass is 257 g/mol. The first-order valence-corrected chi connectivity index (χ1v) is 6.21. The van der Waals surface area contributed by atoms with Gasteiger partial charge in [-0.15, -0.1) is 0 Å². The van der Waals surface area contributed by atoms with E-state index in [0.717, 1.165) is 17.7 Å². The average molecular weight is 257 g/mol. The molecule has 1 aliphatic heterocycles. The summed E-state index contributed by atoms with van der Waals surface area (Å²) in [4.78, 5) is 18.2. The van der Waals surface area contributed by atoms with E-state index in [4.69, 9.17) is 5.73 Å². The zero-order chi connectivity index (χ0) is 13.4. The van der Waals surface area contributed by atoms with E-state index in [1.807, 2.05) is 25.1 Å². The summed E-state index contributed by atoms with van der Waals surface area (Å²) in [5, 5.41) is 4.01. The van der Waals surface area contributed by atoms with Crippen molar-refractivity contribution in [2.75, 3.05) is 17.2 Å². The van der Waals surface area contributed by atoms with E-state index >= 15 is 0 Å². The second-order valence-corrected chi connectivity index (χ2v) is 4.65. The highest BCUT2D eigenvalue weighted by Gasteiger charge is 2.30. The molecule has 0 aliphatic carbocycles. The number of anilines is 2. The van der Waals surface area contributed by atoms with Crippen LogP contribution in [-0.4, -0.2) is 27.2 Å². The first kappa shape index (κ1) is 11.7. The number of amides is 1. The van der Waals surface area contributed by atoms with Crippen LogP contribution in [0.15, 0.2) is 30.9 Å². The van der Waals surface area contributed by atoms with Gasteiger partial charge in [0, 0.05) is 6.54 Å². The quantitative estimate of drug-likeness (QED) is 0.814. The summed E-state index contributed by atoms with van der Waals surface area (Å²) in [6.45, 7) is 2.48. The minimum Gasteiger partial charge on any atom is -0.397 e. The third-order valence-corrected chi connectivity index (χ3v) is 3.48. The van der Waals surface area contributed by atoms with Gasteiger partial charge in [-0.05, 0) is 25.0 Å². The third kappa shape index (κ3) is 1.85. The molecule has 0 saturated heterocycles. The fourth-order valence-corrected chi connectivity index (χ4v) is 2.46. The standard InChI is InChI=1S/C13H15N5O/c1-9(18-8-15-7-16-18)13(19)17-6-5-10-3-2-4-11(14)12(10)17/h2-4,7-9H,5-6,14H2,1H3. The number of nitrogens with two attached hydrogens (primary N) is 1. The number of aromatic nitrogens is 3. The first-order valence-electron chi connectivity index (χ1n) is 6.21. The molecule has 0 fully saturated rings. The smallest absolute Gasteiger partial charge is 0.251 e. The number of carbonyl (C=O) groups excluding carboxylic acids is 1. The van der Waals surface area contributed by atoms with Crippen molar-refractivity contribution >= 4 is 17.3 Å². The van der Waals surface area contributed by atoms with E-state index < -0.39 is 0 Å². The van der Waals surface area contributed by atoms with Crippen LogP contribution in [0.5, 0.6) is 0 Å². The fourth-order valence-electron chi connectivity index (χ4n) is 2.46. The van der Waals surface area contributed by atoms with E-state index in [1.165, 1.54) is 6.33 Å². The van der Waals surface area contributed by atoms with Gasteiger partial charge >= 0.3 is 0 Å². The van der Waals surface area contributed by atoms with E-state index in [-0.39, 0.29) is 11.9 Å². The van der Waals surface area contributed by atoms with E-state index in [0.29, 0.717) is 12.2 Å². The number of hydrogen-bond donors (Lipinski definition) is 1. The van der Waals surface area contributed by atoms with Crippen molar-refractivity contribution in [2.24, 2.45) is 0 Å². The van der Waals surface area contributed by atoms with Crippen molar-refractivity contribution < 1.29 is 4.79 Å². The van der Waals surface area contributed by atoms with Crippen molar-refractivity contribution in [1.82, 2.24) is 14.8 Å². The molecular formula is C13H15N5O. The predicted molar refractivity (Wildman–Crippen MR) is 71.6 cm³/mol. The molecule has 6 nitrogen and oxygen atoms in total. The number of benzene rings is 1. The average Bonchev–Trinajstić information content (AvgIpc) is 3.06. The van der Waals surface area contributed by atoms with Crippen molar-refractivity contribution in [3.05, 3.63) is 36.4 Å². The second kappa shape index (κ2) is 4.38. The van der Waals surface area contributed by atoms with E-state index in [9.17, 15) is 4.79 Å². The topological polar surface area (TPSA) is 77.0 Å². The Kier molecular flexibility index (Phi) is 2.70. The molecule has 2 N–H and O–H groups in total. The Morgan fingerprint density at radius 3 is 3.05 bits per heavy atom. The highest BCUT2D eigenvalue weighted by molar-refractivity contribution is 6.00. The number of nitrogens with zero attached hydrogens (tertiary/aromatic N) is 4. The molecule has 0 radical (unpaired) electrons. The maximum Gasteiger partial charge on any atom is 0.251 e. The third-order valence-electron chi connectivity index (χ3n) is 3.48. The minimum absolute atomic E-state index is 0.0119. The van der Waals surface area contributed by atoms with Crippen LogP contribution in [0.1, 0.15) is 18.5 Å². The Bertz CT molecular complexity index is 608. The fraction of sp³-hybridized carbons (Fsp3) is 0.308. The molecule has 0 saturated carbocycles. The highest BCUT2D eigenvalue weighted by Crippen LogP contribution is 2.34. The van der Waals surface area contributed by atoms with Crippen LogP contribution >= 0.6 is 0 Å². The summed E-state index contributed by atoms with van der Waals surface area (Å²) in [7, 11) is 0. The van der Waals surface area contributed by atoms with Crippen molar-refractivity contribution in [3.63, 3.8) is 0 Å². The Hall–Kier alpha value is -2.37. The molecule has 2 aromatic rings. The number of para-hydroxylation sites is 1. The van der Waals surface area contributed by atoms with Gasteiger partial charge in [0.1, 0.15) is 18.7 Å². The lowest BCUT2D eigenvalue weighted by Gasteiger charge is -2.22. The van der Waals surface area contributed by atoms with Gasteiger partial charge in [0.2, 0.25) is 0 Å². The zero-order valence-corrected chi connectivity index (χ0v) is 10.7. The van der Waals surface area contributed by atoms with Gasteiger partial charge in [-0.2, -0.15) is 5.10 Å². The number of rotatable bonds is 2. The summed E-state index contributed by atoms with van der Waals surface area (Å²) in [6, 6.07) is 5.38. The summed E-state index contributed by atoms with van der Waals surface area (Å²) >= 11 is 0. The lowest BCUT2D eigenvalue weighted by Crippen LogP contribution is -2.35. The highest BCUT2D eigenvalue weighted by atomic mass is 16.2. The lowest BCUT2D eigenvalue weighted by atomic mass is 10.1. The Labute approximate surface area is 110 Å². The molecule has 98 valence electrons. The van der Waals surface area contributed by atoms with Crippen LogP contribution in [0.25, 0.3) is 0 Å². The molecule has 0 spiro atoms. The second-order valence-electron chi connectivity index (χ2n) is 4.65. The molecule has 1 aliphatic rings. The molecule has 2 heterocycles. The van der Waals surface area contributed by atoms with Crippen molar-refractivity contribution in [2.45, 2.75) is 19.4 Å². The summed E-state index contributed by atoms with van der Waals surface area (Å²) in [5.74, 6) is -0.0119. The molecule has 1 atom stereocenters. The van der Waals surface area contributed by atoms with Crippen LogP contribution in [0.4, 0.5) is 11.4 Å². The largest absolute Gasteiger partial charge is 0.397 e. The van der Waals surface area contributed by atoms with Crippen LogP contribution < -0.4 is 10.6 Å². The lowest BCUT2D eigenvalue weighted by molar-refractivity contribution is -0.121. The van der Waals surface area contributed by atoms with Gasteiger partial charge < -0.3 is 10.6 Å². The maximum atomic E-state index is 12.5. The normalized spacial score (nSPS) is 15.3. The predicted octanol–water partition coefficient (Wildman–Crippen LogP) is 1.01. The van der Waals surface area contributed by atoms with Gasteiger partial charge in [0.05, 0.1) is 11.4 Å². The Balaban J connectivity index is 1.92. The summed E-state index contributed by atoms with van der Waals surface area (Å²) in [5.41, 5.74) is 8.61. The number of carbonyl (C=O) groups is 1. The van der Waals surface area contributed by atoms with Crippen LogP contribution in [0.3, 0.4) is 0 Å². The van der Waals surface area contributed by atoms with Crippen LogP contribution in [0, 0.1) is 0 Å². The number of fused-ring (bicyclic) bond motifs is 1. The summed E-state index contributed by atoms with van der Waals surface area (Å²) < 4.78 is 1.56. The van der Waals surface area contributed by atoms with Gasteiger partial charge in [-0.3, -0.25) is 4.79 Å². The van der Waals surface area contributed by atoms with Gasteiger partial charge in [-0.25, -0.2) is 9.67 Å². The maximum absolute atomic E-state index is 12.5. The van der Waals surface area contributed by atoms with Crippen molar-refractivity contribution in [3.8, 4) is 0 Å². The van der Waals surface area contributed by atoms with Crippen LogP contribution in [0.2, 0.25) is 0 Å². The molecular weight excluding hydrogens is 242 g/mol. The number of nitrogen functional groups attached to an aromatic ring is 1. The molecule has 1 unspecified atom stereocenters. The first-order chi connectivity index (χ1) is 9.18. The minimum atomic E-state index is -0.381. The molecule has 1 aromatic carbocycles. The van der Waals surface area contributed by atoms with Gasteiger partial charge in [-0.1, -0.05) is 12.1 Å². The molecule has 1 amide bonds. The molecule has 0 bridgehead atoms. The molecule has 3 rings (SSSR count). The van der Waals surface area contributed by atoms with Crippen LogP contribution in [-0.2, 0) is 11.2 Å². The van der Waals surface area contributed by atoms with Crippen molar-refractivity contribution in [1.29, 1.82) is 0 Å². The van der Waals surface area contributed by atoms with Gasteiger partial charge in [0.15, 0.2) is 0 Å². The van der Waals surface area contributed by atoms with Gasteiger partial charge in [0.25, 0.3) is 5.91 Å². The molecule has 1 aromatic heterocycles. The number of hydrogen-bond acceptors (Lipinski definition) is 4. The SMILES string of the molecule is CC(C(=O)N1CCc2cccc(N)c21)n1cncn1. The van der Waals surface area contributed by atoms with E-state index in [1.54, 1.807) is 15.9 Å². The summed E-state index contributed by atoms with van der Waals surface area (Å²) in [6.07, 6.45) is 3.82. The Morgan fingerprint density at radius 1 is 1.47 bits per heavy atom. The molecule has 6 heteroatoms. The molecule has 19 heavy (non-hydrogen) atoms. The van der Waals surface area contributed by atoms with E-state index in [2.05, 4.69) is 10.1 Å². The zero-order valence-electron chi connectivity index (χ0n) is 10.7. The Morgan fingerprint density at radius 2 is 2.32 bits per heavy atom.